The van der Waals surface area contributed by atoms with Gasteiger partial charge >= 0.3 is 180 Å². The molecule has 2 heteroatoms. The van der Waals surface area contributed by atoms with Crippen molar-refractivity contribution in [3.05, 3.63) is 119 Å². The fourth-order valence-corrected chi connectivity index (χ4v) is 11.1. The summed E-state index contributed by atoms with van der Waals surface area (Å²) in [4.78, 5) is 13.7. The van der Waals surface area contributed by atoms with Gasteiger partial charge in [0.15, 0.2) is 0 Å². The molecular weight excluding hydrogens is 383 g/mol. The van der Waals surface area contributed by atoms with Crippen LogP contribution in [0.2, 0.25) is 0 Å². The molecule has 0 amide bonds. The molecule has 1 N–H and O–H groups in total. The average molecular weight is 413 g/mol. The van der Waals surface area contributed by atoms with E-state index in [1.807, 2.05) is 24.3 Å². The van der Waals surface area contributed by atoms with E-state index in [2.05, 4.69) is 100 Å². The number of rotatable bonds is 4. The fraction of sp³-hybridized carbons (Fsp3) is 0.143. The first-order valence-electron chi connectivity index (χ1n) is 10.4. The molecule has 30 heavy (non-hydrogen) atoms. The zero-order valence-electron chi connectivity index (χ0n) is 18.1. The van der Waals surface area contributed by atoms with Crippen molar-refractivity contribution in [2.75, 3.05) is 0 Å². The molecule has 0 aliphatic rings. The van der Waals surface area contributed by atoms with Crippen LogP contribution in [0.1, 0.15) is 22.3 Å². The monoisotopic (exact) mass is 412 g/mol. The van der Waals surface area contributed by atoms with Gasteiger partial charge in [-0.05, 0) is 0 Å². The Morgan fingerprint density at radius 1 is 0.400 bits per heavy atom. The van der Waals surface area contributed by atoms with Crippen molar-refractivity contribution < 1.29 is 4.89 Å². The van der Waals surface area contributed by atoms with Gasteiger partial charge in [0.2, 0.25) is 0 Å². The van der Waals surface area contributed by atoms with Crippen molar-refractivity contribution >= 4 is 28.0 Å². The molecule has 0 unspecified atom stereocenters. The zero-order chi connectivity index (χ0) is 21.4. The zero-order valence-corrected chi connectivity index (χ0v) is 19.0. The molecule has 0 atom stereocenters. The molecule has 0 heterocycles. The van der Waals surface area contributed by atoms with Gasteiger partial charge in [-0.25, -0.2) is 0 Å². The van der Waals surface area contributed by atoms with E-state index in [9.17, 15) is 4.89 Å². The molecule has 0 saturated carbocycles. The third-order valence-electron chi connectivity index (χ3n) is 6.34. The summed E-state index contributed by atoms with van der Waals surface area (Å²) >= 11 is 0. The topological polar surface area (TPSA) is 20.2 Å². The van der Waals surface area contributed by atoms with Crippen molar-refractivity contribution in [1.82, 2.24) is 0 Å². The van der Waals surface area contributed by atoms with Gasteiger partial charge < -0.3 is 0 Å². The third kappa shape index (κ3) is 2.77. The van der Waals surface area contributed by atoms with Crippen LogP contribution in [0.5, 0.6) is 0 Å². The van der Waals surface area contributed by atoms with Crippen LogP contribution in [-0.2, 0) is 0 Å². The predicted octanol–water partition coefficient (Wildman–Crippen LogP) is 4.98. The minimum absolute atomic E-state index is 1.02. The van der Waals surface area contributed by atoms with Gasteiger partial charge in [0.05, 0.1) is 0 Å². The maximum absolute atomic E-state index is 13.7. The van der Waals surface area contributed by atoms with Gasteiger partial charge in [0, 0.05) is 0 Å². The molecule has 0 saturated heterocycles. The third-order valence-corrected chi connectivity index (χ3v) is 12.1. The maximum atomic E-state index is 13.7. The Morgan fingerprint density at radius 2 is 0.600 bits per heavy atom. The van der Waals surface area contributed by atoms with Crippen LogP contribution in [0.4, 0.5) is 0 Å². The summed E-state index contributed by atoms with van der Waals surface area (Å²) in [6.07, 6.45) is 0. The van der Waals surface area contributed by atoms with Crippen LogP contribution in [0.3, 0.4) is 0 Å². The Bertz CT molecular complexity index is 1030. The molecule has 0 aromatic heterocycles. The first-order chi connectivity index (χ1) is 14.4. The van der Waals surface area contributed by atoms with E-state index in [0.29, 0.717) is 0 Å². The summed E-state index contributed by atoms with van der Waals surface area (Å²) in [5.74, 6) is 0. The number of benzene rings is 4. The van der Waals surface area contributed by atoms with E-state index < -0.39 is 6.83 Å². The van der Waals surface area contributed by atoms with E-state index in [0.717, 1.165) is 43.5 Å². The second kappa shape index (κ2) is 7.51. The second-order valence-corrected chi connectivity index (χ2v) is 12.3. The molecule has 152 valence electrons. The van der Waals surface area contributed by atoms with Crippen LogP contribution in [-0.4, -0.2) is 4.89 Å². The Hall–Kier alpha value is -2.73. The Labute approximate surface area is 180 Å². The molecule has 4 aromatic rings. The van der Waals surface area contributed by atoms with Crippen LogP contribution >= 0.6 is 6.83 Å². The van der Waals surface area contributed by atoms with Crippen LogP contribution in [0.15, 0.2) is 97.1 Å². The van der Waals surface area contributed by atoms with Crippen LogP contribution in [0.25, 0.3) is 0 Å². The Balaban J connectivity index is 2.37. The molecule has 0 aliphatic carbocycles. The molecule has 0 aliphatic heterocycles. The van der Waals surface area contributed by atoms with Gasteiger partial charge in [-0.3, -0.25) is 0 Å². The first kappa shape index (κ1) is 20.5. The summed E-state index contributed by atoms with van der Waals surface area (Å²) in [7, 11) is 0. The average Bonchev–Trinajstić information content (AvgIpc) is 2.75. The Morgan fingerprint density at radius 3 is 0.800 bits per heavy atom. The quantitative estimate of drug-likeness (QED) is 0.469. The minimum atomic E-state index is -4.01. The summed E-state index contributed by atoms with van der Waals surface area (Å²) < 4.78 is 0. The number of hydrogen-bond acceptors (Lipinski definition) is 1. The van der Waals surface area contributed by atoms with E-state index in [-0.39, 0.29) is 0 Å². The van der Waals surface area contributed by atoms with Crippen molar-refractivity contribution in [3.63, 3.8) is 0 Å². The normalized spacial score (nSPS) is 12.9. The van der Waals surface area contributed by atoms with E-state index in [4.69, 9.17) is 0 Å². The predicted molar refractivity (Wildman–Crippen MR) is 132 cm³/mol. The van der Waals surface area contributed by atoms with E-state index in [1.165, 1.54) is 0 Å². The molecule has 0 bridgehead atoms. The summed E-state index contributed by atoms with van der Waals surface area (Å²) in [6.45, 7) is 4.44. The fourth-order valence-electron chi connectivity index (χ4n) is 4.99. The summed E-state index contributed by atoms with van der Waals surface area (Å²) in [6, 6.07) is 33.3. The second-order valence-electron chi connectivity index (χ2n) is 8.22. The van der Waals surface area contributed by atoms with E-state index >= 15 is 0 Å². The van der Waals surface area contributed by atoms with Gasteiger partial charge in [-0.2, -0.15) is 0 Å². The molecule has 0 spiro atoms. The Kier molecular flexibility index (Phi) is 5.14. The molecule has 4 rings (SSSR count). The van der Waals surface area contributed by atoms with Crippen molar-refractivity contribution in [2.24, 2.45) is 0 Å². The summed E-state index contributed by atoms with van der Waals surface area (Å²) in [5, 5.41) is 4.06. The van der Waals surface area contributed by atoms with Crippen LogP contribution in [0, 0.1) is 27.7 Å². The van der Waals surface area contributed by atoms with Crippen LogP contribution < -0.4 is 21.2 Å². The van der Waals surface area contributed by atoms with Gasteiger partial charge in [0.25, 0.3) is 0 Å². The summed E-state index contributed by atoms with van der Waals surface area (Å²) in [5.41, 5.74) is 4.42. The number of hydrogen-bond donors (Lipinski definition) is 1. The van der Waals surface area contributed by atoms with Gasteiger partial charge in [0.1, 0.15) is 0 Å². The van der Waals surface area contributed by atoms with Gasteiger partial charge in [-0.1, -0.05) is 0 Å². The molecule has 1 nitrogen and oxygen atoms in total. The molecule has 4 aromatic carbocycles. The van der Waals surface area contributed by atoms with E-state index in [1.54, 1.807) is 0 Å². The molecular formula is C28H29OP. The molecule has 0 fully saturated rings. The van der Waals surface area contributed by atoms with Gasteiger partial charge in [-0.15, -0.1) is 0 Å². The van der Waals surface area contributed by atoms with Crippen molar-refractivity contribution in [2.45, 2.75) is 27.7 Å². The van der Waals surface area contributed by atoms with Crippen molar-refractivity contribution in [1.29, 1.82) is 0 Å². The molecule has 0 radical (unpaired) electrons. The first-order valence-corrected chi connectivity index (χ1v) is 12.6. The SMILES string of the molecule is Cc1ccccc1P(O)(c1ccccc1C)(c1ccccc1C)c1ccccc1C. The standard InChI is InChI=1S/C28H29OP/c1-21-13-5-9-17-25(21)30(29,26-18-10-6-14-22(26)2,27-19-11-7-15-23(27)3)28-20-12-8-16-24(28)4/h5-20,29H,1-4H3. The number of aryl methyl sites for hydroxylation is 4. The van der Waals surface area contributed by atoms with Crippen molar-refractivity contribution in [3.8, 4) is 0 Å².